The first-order valence-electron chi connectivity index (χ1n) is 10.9. The van der Waals surface area contributed by atoms with E-state index in [4.69, 9.17) is 14.2 Å². The number of nitrogens with one attached hydrogen (secondary N) is 1. The third-order valence-corrected chi connectivity index (χ3v) is 6.06. The van der Waals surface area contributed by atoms with E-state index < -0.39 is 5.91 Å². The molecule has 1 N–H and O–H groups in total. The smallest absolute Gasteiger partial charge is 0.409 e. The van der Waals surface area contributed by atoms with Gasteiger partial charge < -0.3 is 19.1 Å². The van der Waals surface area contributed by atoms with Gasteiger partial charge in [0, 0.05) is 25.9 Å². The molecule has 10 nitrogen and oxygen atoms in total. The van der Waals surface area contributed by atoms with E-state index in [1.54, 1.807) is 42.2 Å². The van der Waals surface area contributed by atoms with Gasteiger partial charge in [-0.15, -0.1) is 0 Å². The van der Waals surface area contributed by atoms with Crippen LogP contribution in [0.25, 0.3) is 6.08 Å². The van der Waals surface area contributed by atoms with Gasteiger partial charge in [-0.2, -0.15) is 0 Å². The highest BCUT2D eigenvalue weighted by molar-refractivity contribution is 8.18. The SMILES string of the molecule is CCOC(=O)N1CCC(Oc2ncnc(Oc3cccc(C=C4SC(=O)NC4=O)c3)c2C)CC1. The van der Waals surface area contributed by atoms with Crippen molar-refractivity contribution in [1.82, 2.24) is 20.2 Å². The van der Waals surface area contributed by atoms with Crippen LogP contribution in [0.3, 0.4) is 0 Å². The molecule has 0 bridgehead atoms. The topological polar surface area (TPSA) is 120 Å². The molecule has 0 unspecified atom stereocenters. The predicted molar refractivity (Wildman–Crippen MR) is 125 cm³/mol. The number of aromatic nitrogens is 2. The van der Waals surface area contributed by atoms with Gasteiger partial charge >= 0.3 is 6.09 Å². The number of carbonyl (C=O) groups excluding carboxylic acids is 3. The molecule has 178 valence electrons. The minimum atomic E-state index is -0.414. The first-order chi connectivity index (χ1) is 16.4. The second-order valence-electron chi connectivity index (χ2n) is 7.64. The van der Waals surface area contributed by atoms with E-state index in [2.05, 4.69) is 15.3 Å². The Morgan fingerprint density at radius 1 is 1.24 bits per heavy atom. The van der Waals surface area contributed by atoms with Crippen molar-refractivity contribution in [3.05, 3.63) is 46.6 Å². The molecule has 2 aliphatic rings. The fourth-order valence-electron chi connectivity index (χ4n) is 3.52. The summed E-state index contributed by atoms with van der Waals surface area (Å²) < 4.78 is 17.1. The molecule has 0 saturated carbocycles. The molecule has 2 fully saturated rings. The summed E-state index contributed by atoms with van der Waals surface area (Å²) >= 11 is 0.858. The Morgan fingerprint density at radius 2 is 2.00 bits per heavy atom. The molecule has 34 heavy (non-hydrogen) atoms. The maximum absolute atomic E-state index is 11.9. The lowest BCUT2D eigenvalue weighted by Crippen LogP contribution is -2.42. The summed E-state index contributed by atoms with van der Waals surface area (Å²) in [7, 11) is 0. The molecule has 0 atom stereocenters. The summed E-state index contributed by atoms with van der Waals surface area (Å²) in [5.41, 5.74) is 1.36. The lowest BCUT2D eigenvalue weighted by molar-refractivity contribution is -0.115. The number of rotatable bonds is 6. The molecular weight excluding hydrogens is 460 g/mol. The van der Waals surface area contributed by atoms with Crippen molar-refractivity contribution < 1.29 is 28.6 Å². The highest BCUT2D eigenvalue weighted by atomic mass is 32.2. The zero-order chi connectivity index (χ0) is 24.1. The van der Waals surface area contributed by atoms with E-state index in [1.165, 1.54) is 6.33 Å². The van der Waals surface area contributed by atoms with Gasteiger partial charge in [0.1, 0.15) is 18.2 Å². The van der Waals surface area contributed by atoms with Gasteiger partial charge in [0.15, 0.2) is 0 Å². The van der Waals surface area contributed by atoms with Crippen LogP contribution in [0.2, 0.25) is 0 Å². The number of imide groups is 1. The first-order valence-corrected chi connectivity index (χ1v) is 11.7. The summed E-state index contributed by atoms with van der Waals surface area (Å²) in [5.74, 6) is 0.875. The number of piperidine rings is 1. The normalized spacial score (nSPS) is 17.6. The molecular formula is C23H24N4O6S. The molecule has 2 aromatic rings. The average molecular weight is 485 g/mol. The van der Waals surface area contributed by atoms with Crippen LogP contribution >= 0.6 is 11.8 Å². The number of benzene rings is 1. The van der Waals surface area contributed by atoms with E-state index in [-0.39, 0.29) is 17.4 Å². The minimum Gasteiger partial charge on any atom is -0.474 e. The van der Waals surface area contributed by atoms with Gasteiger partial charge in [0.05, 0.1) is 17.1 Å². The van der Waals surface area contributed by atoms with Crippen molar-refractivity contribution in [2.75, 3.05) is 19.7 Å². The van der Waals surface area contributed by atoms with Crippen molar-refractivity contribution in [3.8, 4) is 17.5 Å². The van der Waals surface area contributed by atoms with Gasteiger partial charge in [0.25, 0.3) is 11.1 Å². The molecule has 2 aliphatic heterocycles. The summed E-state index contributed by atoms with van der Waals surface area (Å²) in [4.78, 5) is 45.5. The Hall–Kier alpha value is -3.60. The standard InChI is InChI=1S/C23H24N4O6S/c1-3-31-23(30)27-9-7-16(8-10-27)32-20-14(2)21(25-13-24-20)33-17-6-4-5-15(11-17)12-18-19(28)26-22(29)34-18/h4-6,11-13,16H,3,7-10H2,1-2H3,(H,26,28,29). The highest BCUT2D eigenvalue weighted by Gasteiger charge is 2.26. The summed E-state index contributed by atoms with van der Waals surface area (Å²) in [5, 5.41) is 1.84. The number of hydrogen-bond acceptors (Lipinski definition) is 9. The number of likely N-dealkylation sites (tertiary alicyclic amines) is 1. The molecule has 0 radical (unpaired) electrons. The van der Waals surface area contributed by atoms with Crippen LogP contribution in [0, 0.1) is 6.92 Å². The number of carbonyl (C=O) groups is 3. The summed E-state index contributed by atoms with van der Waals surface area (Å²) in [6, 6.07) is 7.10. The molecule has 4 rings (SSSR count). The van der Waals surface area contributed by atoms with Crippen LogP contribution in [0.5, 0.6) is 17.5 Å². The summed E-state index contributed by atoms with van der Waals surface area (Å²) in [6.07, 6.45) is 3.96. The minimum absolute atomic E-state index is 0.0835. The third-order valence-electron chi connectivity index (χ3n) is 5.25. The van der Waals surface area contributed by atoms with Crippen molar-refractivity contribution in [2.24, 2.45) is 0 Å². The van der Waals surface area contributed by atoms with Crippen molar-refractivity contribution in [2.45, 2.75) is 32.8 Å². The zero-order valence-electron chi connectivity index (χ0n) is 18.8. The largest absolute Gasteiger partial charge is 0.474 e. The second kappa shape index (κ2) is 10.6. The predicted octanol–water partition coefficient (Wildman–Crippen LogP) is 3.90. The van der Waals surface area contributed by atoms with Crippen LogP contribution in [0.1, 0.15) is 30.9 Å². The number of ether oxygens (including phenoxy) is 3. The van der Waals surface area contributed by atoms with Crippen LogP contribution < -0.4 is 14.8 Å². The highest BCUT2D eigenvalue weighted by Crippen LogP contribution is 2.31. The van der Waals surface area contributed by atoms with E-state index >= 15 is 0 Å². The molecule has 11 heteroatoms. The van der Waals surface area contributed by atoms with E-state index in [1.807, 2.05) is 6.92 Å². The Bertz CT molecular complexity index is 1130. The van der Waals surface area contributed by atoms with Crippen LogP contribution in [0.15, 0.2) is 35.5 Å². The van der Waals surface area contributed by atoms with Gasteiger partial charge in [-0.05, 0) is 49.4 Å². The zero-order valence-corrected chi connectivity index (χ0v) is 19.6. The van der Waals surface area contributed by atoms with E-state index in [0.717, 1.165) is 11.8 Å². The number of nitrogens with zero attached hydrogens (tertiary/aromatic N) is 3. The van der Waals surface area contributed by atoms with Crippen LogP contribution in [0.4, 0.5) is 9.59 Å². The quantitative estimate of drug-likeness (QED) is 0.609. The number of amides is 3. The molecule has 3 heterocycles. The molecule has 2 saturated heterocycles. The number of thioether (sulfide) groups is 1. The molecule has 0 aliphatic carbocycles. The third kappa shape index (κ3) is 5.66. The van der Waals surface area contributed by atoms with Crippen molar-refractivity contribution in [3.63, 3.8) is 0 Å². The Labute approximate surface area is 200 Å². The Morgan fingerprint density at radius 3 is 2.71 bits per heavy atom. The second-order valence-corrected chi connectivity index (χ2v) is 8.65. The van der Waals surface area contributed by atoms with E-state index in [0.29, 0.717) is 66.1 Å². The van der Waals surface area contributed by atoms with Gasteiger partial charge in [-0.3, -0.25) is 14.9 Å². The molecule has 1 aromatic heterocycles. The Kier molecular flexibility index (Phi) is 7.31. The van der Waals surface area contributed by atoms with Gasteiger partial charge in [0.2, 0.25) is 11.8 Å². The lowest BCUT2D eigenvalue weighted by atomic mass is 10.1. The number of hydrogen-bond donors (Lipinski definition) is 1. The molecule has 0 spiro atoms. The first kappa shape index (κ1) is 23.6. The van der Waals surface area contributed by atoms with Gasteiger partial charge in [-0.1, -0.05) is 12.1 Å². The average Bonchev–Trinajstić information content (AvgIpc) is 3.13. The summed E-state index contributed by atoms with van der Waals surface area (Å²) in [6.45, 7) is 5.07. The monoisotopic (exact) mass is 484 g/mol. The van der Waals surface area contributed by atoms with E-state index in [9.17, 15) is 14.4 Å². The van der Waals surface area contributed by atoms with Crippen LogP contribution in [-0.2, 0) is 9.53 Å². The fourth-order valence-corrected chi connectivity index (χ4v) is 4.20. The van der Waals surface area contributed by atoms with Crippen molar-refractivity contribution >= 4 is 35.1 Å². The lowest BCUT2D eigenvalue weighted by Gasteiger charge is -2.31. The van der Waals surface area contributed by atoms with Crippen molar-refractivity contribution in [1.29, 1.82) is 0 Å². The van der Waals surface area contributed by atoms with Gasteiger partial charge in [-0.25, -0.2) is 14.8 Å². The molecule has 1 aromatic carbocycles. The fraction of sp³-hybridized carbons (Fsp3) is 0.348. The maximum atomic E-state index is 11.9. The van der Waals surface area contributed by atoms with Crippen LogP contribution in [-0.4, -0.2) is 57.9 Å². The Balaban J connectivity index is 1.41. The molecule has 3 amide bonds. The maximum Gasteiger partial charge on any atom is 0.409 e.